The van der Waals surface area contributed by atoms with Gasteiger partial charge in [0, 0.05) is 39.3 Å². The van der Waals surface area contributed by atoms with Crippen molar-refractivity contribution in [2.75, 3.05) is 39.3 Å². The maximum Gasteiger partial charge on any atom is 0.244 e. The highest BCUT2D eigenvalue weighted by Gasteiger charge is 2.41. The van der Waals surface area contributed by atoms with E-state index >= 15 is 0 Å². The summed E-state index contributed by atoms with van der Waals surface area (Å²) in [6.07, 6.45) is 25.7. The van der Waals surface area contributed by atoms with E-state index in [0.29, 0.717) is 39.3 Å². The monoisotopic (exact) mass is 650 g/mol. The van der Waals surface area contributed by atoms with Crippen LogP contribution in [0.1, 0.15) is 196 Å². The third-order valence-corrected chi connectivity index (χ3v) is 9.37. The second-order valence-corrected chi connectivity index (χ2v) is 13.8. The van der Waals surface area contributed by atoms with E-state index in [4.69, 9.17) is 0 Å². The number of carbonyl (C=O) groups excluding carboxylic acids is 3. The van der Waals surface area contributed by atoms with Gasteiger partial charge in [0.1, 0.15) is 0 Å². The number of amides is 3. The molecule has 6 nitrogen and oxygen atoms in total. The highest BCUT2D eigenvalue weighted by Crippen LogP contribution is 2.19. The first-order valence-electron chi connectivity index (χ1n) is 20.3. The van der Waals surface area contributed by atoms with Crippen molar-refractivity contribution in [3.05, 3.63) is 0 Å². The molecule has 0 aliphatic rings. The molecule has 0 heterocycles. The Balaban J connectivity index is 6.44. The molecule has 0 bridgehead atoms. The molecule has 0 saturated carbocycles. The second kappa shape index (κ2) is 32.0. The van der Waals surface area contributed by atoms with Gasteiger partial charge in [-0.15, -0.1) is 0 Å². The molecular formula is C40H79N3O3. The average Bonchev–Trinajstić information content (AvgIpc) is 3.06. The third kappa shape index (κ3) is 21.3. The zero-order chi connectivity index (χ0) is 34.3. The molecule has 6 heteroatoms. The molecule has 0 atom stereocenters. The number of hydrogen-bond acceptors (Lipinski definition) is 3. The van der Waals surface area contributed by atoms with E-state index in [1.54, 1.807) is 0 Å². The number of rotatable bonds is 33. The normalized spacial score (nSPS) is 11.3. The Morgan fingerprint density at radius 3 is 0.630 bits per heavy atom. The van der Waals surface area contributed by atoms with Gasteiger partial charge >= 0.3 is 0 Å². The smallest absolute Gasteiger partial charge is 0.244 e. The second-order valence-electron chi connectivity index (χ2n) is 13.8. The van der Waals surface area contributed by atoms with Crippen molar-refractivity contribution in [3.63, 3.8) is 0 Å². The molecule has 0 saturated heterocycles. The Labute approximate surface area is 287 Å². The minimum atomic E-state index is -1.24. The lowest BCUT2D eigenvalue weighted by atomic mass is 10.0. The lowest BCUT2D eigenvalue weighted by molar-refractivity contribution is -0.156. The topological polar surface area (TPSA) is 60.9 Å². The third-order valence-electron chi connectivity index (χ3n) is 9.37. The van der Waals surface area contributed by atoms with Crippen molar-refractivity contribution in [2.24, 2.45) is 5.92 Å². The van der Waals surface area contributed by atoms with Crippen molar-refractivity contribution >= 4 is 17.7 Å². The van der Waals surface area contributed by atoms with Gasteiger partial charge in [0.15, 0.2) is 5.92 Å². The van der Waals surface area contributed by atoms with E-state index < -0.39 is 5.92 Å². The van der Waals surface area contributed by atoms with Gasteiger partial charge < -0.3 is 14.7 Å². The Kier molecular flexibility index (Phi) is 30.9. The van der Waals surface area contributed by atoms with Crippen molar-refractivity contribution < 1.29 is 14.4 Å². The van der Waals surface area contributed by atoms with Crippen LogP contribution in [0.3, 0.4) is 0 Å². The number of hydrogen-bond donors (Lipinski definition) is 0. The number of unbranched alkanes of at least 4 members (excludes halogenated alkanes) is 18. The molecule has 0 aromatic carbocycles. The molecule has 0 fully saturated rings. The first-order valence-corrected chi connectivity index (χ1v) is 20.3. The Morgan fingerprint density at radius 2 is 0.478 bits per heavy atom. The summed E-state index contributed by atoms with van der Waals surface area (Å²) in [4.78, 5) is 49.5. The Morgan fingerprint density at radius 1 is 0.304 bits per heavy atom. The van der Waals surface area contributed by atoms with Crippen molar-refractivity contribution in [2.45, 2.75) is 196 Å². The highest BCUT2D eigenvalue weighted by molar-refractivity contribution is 6.17. The first kappa shape index (κ1) is 44.4. The van der Waals surface area contributed by atoms with Crippen LogP contribution in [0.4, 0.5) is 0 Å². The van der Waals surface area contributed by atoms with Crippen LogP contribution in [-0.4, -0.2) is 71.7 Å². The molecular weight excluding hydrogens is 570 g/mol. The molecule has 0 aromatic rings. The van der Waals surface area contributed by atoms with Gasteiger partial charge in [-0.3, -0.25) is 14.4 Å². The summed E-state index contributed by atoms with van der Waals surface area (Å²) in [5, 5.41) is 0. The zero-order valence-electron chi connectivity index (χ0n) is 31.9. The minimum Gasteiger partial charge on any atom is -0.342 e. The van der Waals surface area contributed by atoms with Crippen LogP contribution >= 0.6 is 0 Å². The molecule has 0 radical (unpaired) electrons. The van der Waals surface area contributed by atoms with Crippen LogP contribution in [0.15, 0.2) is 0 Å². The molecule has 0 rings (SSSR count). The fourth-order valence-electron chi connectivity index (χ4n) is 6.24. The van der Waals surface area contributed by atoms with Crippen molar-refractivity contribution in [1.82, 2.24) is 14.7 Å². The van der Waals surface area contributed by atoms with Gasteiger partial charge in [-0.1, -0.05) is 157 Å². The van der Waals surface area contributed by atoms with E-state index in [2.05, 4.69) is 41.5 Å². The SMILES string of the molecule is CCCCCCN(CCCCCC)C(=O)C(C(=O)N(CCCCCC)CCCCCC)C(=O)N(CCCCCC)CCCCCC. The molecule has 3 amide bonds. The fraction of sp³-hybridized carbons (Fsp3) is 0.925. The summed E-state index contributed by atoms with van der Waals surface area (Å²) in [5.41, 5.74) is 0. The molecule has 0 spiro atoms. The van der Waals surface area contributed by atoms with E-state index in [1.807, 2.05) is 14.7 Å². The first-order chi connectivity index (χ1) is 22.4. The van der Waals surface area contributed by atoms with Crippen molar-refractivity contribution in [1.29, 1.82) is 0 Å². The number of carbonyl (C=O) groups is 3. The average molecular weight is 650 g/mol. The molecule has 0 aliphatic heterocycles. The molecule has 272 valence electrons. The molecule has 46 heavy (non-hydrogen) atoms. The van der Waals surface area contributed by atoms with Crippen LogP contribution < -0.4 is 0 Å². The molecule has 0 N–H and O–H groups in total. The van der Waals surface area contributed by atoms with Gasteiger partial charge in [0.05, 0.1) is 0 Å². The van der Waals surface area contributed by atoms with E-state index in [9.17, 15) is 14.4 Å². The summed E-state index contributed by atoms with van der Waals surface area (Å²) >= 11 is 0. The lowest BCUT2D eigenvalue weighted by Gasteiger charge is -2.33. The van der Waals surface area contributed by atoms with Crippen LogP contribution in [0, 0.1) is 5.92 Å². The van der Waals surface area contributed by atoms with Crippen LogP contribution in [-0.2, 0) is 14.4 Å². The largest absolute Gasteiger partial charge is 0.342 e. The maximum absolute atomic E-state index is 14.6. The lowest BCUT2D eigenvalue weighted by Crippen LogP contribution is -2.53. The zero-order valence-corrected chi connectivity index (χ0v) is 31.9. The Bertz CT molecular complexity index is 597. The van der Waals surface area contributed by atoms with Crippen LogP contribution in [0.2, 0.25) is 0 Å². The van der Waals surface area contributed by atoms with Crippen LogP contribution in [0.5, 0.6) is 0 Å². The minimum absolute atomic E-state index is 0.234. The Hall–Kier alpha value is -1.59. The van der Waals surface area contributed by atoms with Crippen molar-refractivity contribution in [3.8, 4) is 0 Å². The summed E-state index contributed by atoms with van der Waals surface area (Å²) < 4.78 is 0. The summed E-state index contributed by atoms with van der Waals surface area (Å²) in [5.74, 6) is -1.95. The van der Waals surface area contributed by atoms with Crippen LogP contribution in [0.25, 0.3) is 0 Å². The van der Waals surface area contributed by atoms with Gasteiger partial charge in [-0.2, -0.15) is 0 Å². The highest BCUT2D eigenvalue weighted by atomic mass is 16.2. The van der Waals surface area contributed by atoms with E-state index in [0.717, 1.165) is 154 Å². The van der Waals surface area contributed by atoms with E-state index in [-0.39, 0.29) is 17.7 Å². The quantitative estimate of drug-likeness (QED) is 0.0525. The van der Waals surface area contributed by atoms with Gasteiger partial charge in [0.2, 0.25) is 17.7 Å². The summed E-state index contributed by atoms with van der Waals surface area (Å²) in [6.45, 7) is 17.0. The summed E-state index contributed by atoms with van der Waals surface area (Å²) in [7, 11) is 0. The number of nitrogens with zero attached hydrogens (tertiary/aromatic N) is 3. The summed E-state index contributed by atoms with van der Waals surface area (Å²) in [6, 6.07) is 0. The maximum atomic E-state index is 14.6. The standard InChI is InChI=1S/C40H79N3O3/c1-7-13-19-25-31-41(32-26-20-14-8-2)38(44)37(39(45)42(33-27-21-15-9-3)34-28-22-16-10-4)40(46)43(35-29-23-17-11-5)36-30-24-18-12-6/h37H,7-36H2,1-6H3. The predicted octanol–water partition coefficient (Wildman–Crippen LogP) is 10.6. The molecule has 0 unspecified atom stereocenters. The van der Waals surface area contributed by atoms with E-state index in [1.165, 1.54) is 0 Å². The van der Waals surface area contributed by atoms with Gasteiger partial charge in [-0.25, -0.2) is 0 Å². The van der Waals surface area contributed by atoms with Gasteiger partial charge in [-0.05, 0) is 38.5 Å². The molecule has 0 aromatic heterocycles. The molecule has 0 aliphatic carbocycles. The predicted molar refractivity (Wildman–Crippen MR) is 198 cm³/mol. The van der Waals surface area contributed by atoms with Gasteiger partial charge in [0.25, 0.3) is 0 Å². The fourth-order valence-corrected chi connectivity index (χ4v) is 6.24.